The second kappa shape index (κ2) is 9.88. The molecule has 0 aliphatic rings. The molecule has 0 saturated carbocycles. The maximum absolute atomic E-state index is 11.5. The van der Waals surface area contributed by atoms with Crippen LogP contribution in [0.25, 0.3) is 0 Å². The lowest BCUT2D eigenvalue weighted by Crippen LogP contribution is -2.40. The van der Waals surface area contributed by atoms with E-state index in [1.54, 1.807) is 6.92 Å². The largest absolute Gasteiger partial charge is 0.480 e. The lowest BCUT2D eigenvalue weighted by Gasteiger charge is -2.13. The molecule has 0 heterocycles. The number of unbranched alkanes of at least 4 members (excludes halogenated alkanes) is 1. The van der Waals surface area contributed by atoms with Gasteiger partial charge >= 0.3 is 11.9 Å². The third kappa shape index (κ3) is 8.60. The second-order valence-corrected chi connectivity index (χ2v) is 3.81. The van der Waals surface area contributed by atoms with Crippen LogP contribution in [-0.2, 0) is 19.1 Å². The Morgan fingerprint density at radius 3 is 2.58 bits per heavy atom. The number of carbonyl (C=O) groups excluding carboxylic acids is 2. The number of rotatable bonds is 9. The predicted molar refractivity (Wildman–Crippen MR) is 64.9 cm³/mol. The molecule has 1 atom stereocenters. The van der Waals surface area contributed by atoms with Gasteiger partial charge in [-0.25, -0.2) is 4.79 Å². The van der Waals surface area contributed by atoms with Crippen molar-refractivity contribution in [3.63, 3.8) is 0 Å². The molecule has 7 heteroatoms. The third-order valence-corrected chi connectivity index (χ3v) is 2.28. The molecule has 19 heavy (non-hydrogen) atoms. The van der Waals surface area contributed by atoms with Gasteiger partial charge in [-0.3, -0.25) is 9.59 Å². The Morgan fingerprint density at radius 2 is 2.05 bits per heavy atom. The molecule has 0 spiro atoms. The summed E-state index contributed by atoms with van der Waals surface area (Å²) in [7, 11) is 0. The fourth-order valence-electron chi connectivity index (χ4n) is 1.36. The summed E-state index contributed by atoms with van der Waals surface area (Å²) in [4.78, 5) is 33.4. The minimum atomic E-state index is -1.15. The van der Waals surface area contributed by atoms with E-state index < -0.39 is 23.9 Å². The predicted octanol–water partition coefficient (Wildman–Crippen LogP) is 0.593. The Hall–Kier alpha value is -2.10. The van der Waals surface area contributed by atoms with Gasteiger partial charge in [-0.2, -0.15) is 5.26 Å². The van der Waals surface area contributed by atoms with E-state index in [0.717, 1.165) is 0 Å². The lowest BCUT2D eigenvalue weighted by atomic mass is 10.1. The number of aliphatic carboxylic acids is 1. The van der Waals surface area contributed by atoms with E-state index in [4.69, 9.17) is 10.4 Å². The van der Waals surface area contributed by atoms with Crippen molar-refractivity contribution < 1.29 is 24.2 Å². The van der Waals surface area contributed by atoms with Crippen LogP contribution in [0.1, 0.15) is 39.0 Å². The maximum Gasteiger partial charge on any atom is 0.326 e. The van der Waals surface area contributed by atoms with Gasteiger partial charge in [0.15, 0.2) is 0 Å². The summed E-state index contributed by atoms with van der Waals surface area (Å²) in [6.45, 7) is 1.90. The lowest BCUT2D eigenvalue weighted by molar-refractivity contribution is -0.145. The zero-order valence-corrected chi connectivity index (χ0v) is 10.8. The Kier molecular flexibility index (Phi) is 8.79. The van der Waals surface area contributed by atoms with Crippen LogP contribution in [0.15, 0.2) is 0 Å². The van der Waals surface area contributed by atoms with Gasteiger partial charge < -0.3 is 15.2 Å². The molecule has 2 N–H and O–H groups in total. The molecule has 0 unspecified atom stereocenters. The van der Waals surface area contributed by atoms with E-state index in [2.05, 4.69) is 10.1 Å². The molecule has 1 amide bonds. The molecule has 106 valence electrons. The number of amides is 1. The monoisotopic (exact) mass is 270 g/mol. The van der Waals surface area contributed by atoms with Gasteiger partial charge in [-0.1, -0.05) is 0 Å². The highest BCUT2D eigenvalue weighted by molar-refractivity contribution is 5.85. The van der Waals surface area contributed by atoms with Crippen LogP contribution >= 0.6 is 0 Å². The van der Waals surface area contributed by atoms with Crippen LogP contribution in [0.2, 0.25) is 0 Å². The van der Waals surface area contributed by atoms with E-state index in [9.17, 15) is 14.4 Å². The molecular formula is C12H18N2O5. The molecule has 0 aromatic heterocycles. The van der Waals surface area contributed by atoms with Gasteiger partial charge in [0.25, 0.3) is 0 Å². The first-order chi connectivity index (χ1) is 9.01. The summed E-state index contributed by atoms with van der Waals surface area (Å²) in [6.07, 6.45) is 0.632. The number of carbonyl (C=O) groups is 3. The molecule has 0 aliphatic heterocycles. The van der Waals surface area contributed by atoms with Gasteiger partial charge in [0.2, 0.25) is 5.91 Å². The van der Waals surface area contributed by atoms with Crippen molar-refractivity contribution in [2.45, 2.75) is 45.1 Å². The van der Waals surface area contributed by atoms with Crippen LogP contribution in [0, 0.1) is 11.3 Å². The van der Waals surface area contributed by atoms with E-state index in [0.29, 0.717) is 6.42 Å². The average Bonchev–Trinajstić information content (AvgIpc) is 2.35. The standard InChI is InChI=1S/C12H18N2O5/c1-2-19-11(16)7-6-10(15)14-9(12(17)18)5-3-4-8-13/h9H,2-7H2,1H3,(H,14,15)(H,17,18)/t9-/m1/s1. The quantitative estimate of drug-likeness (QED) is 0.468. The number of ether oxygens (including phenoxy) is 1. The highest BCUT2D eigenvalue weighted by atomic mass is 16.5. The Labute approximate surface area is 111 Å². The smallest absolute Gasteiger partial charge is 0.326 e. The first-order valence-corrected chi connectivity index (χ1v) is 6.06. The molecule has 0 saturated heterocycles. The third-order valence-electron chi connectivity index (χ3n) is 2.28. The minimum Gasteiger partial charge on any atom is -0.480 e. The molecule has 0 aromatic carbocycles. The number of nitriles is 1. The molecule has 0 aromatic rings. The van der Waals surface area contributed by atoms with Gasteiger partial charge in [-0.05, 0) is 19.8 Å². The maximum atomic E-state index is 11.5. The van der Waals surface area contributed by atoms with E-state index in [-0.39, 0.29) is 32.3 Å². The molecule has 0 radical (unpaired) electrons. The summed E-state index contributed by atoms with van der Waals surface area (Å²) in [5, 5.41) is 19.6. The van der Waals surface area contributed by atoms with Gasteiger partial charge in [0, 0.05) is 12.8 Å². The molecule has 0 bridgehead atoms. The highest BCUT2D eigenvalue weighted by Crippen LogP contribution is 2.02. The van der Waals surface area contributed by atoms with E-state index in [1.807, 2.05) is 6.07 Å². The first kappa shape index (κ1) is 16.9. The van der Waals surface area contributed by atoms with Crippen molar-refractivity contribution in [2.75, 3.05) is 6.61 Å². The normalized spacial score (nSPS) is 11.2. The topological polar surface area (TPSA) is 116 Å². The van der Waals surface area contributed by atoms with Gasteiger partial charge in [-0.15, -0.1) is 0 Å². The summed E-state index contributed by atoms with van der Waals surface area (Å²) in [5.74, 6) is -2.16. The van der Waals surface area contributed by atoms with Crippen LogP contribution in [0.3, 0.4) is 0 Å². The summed E-state index contributed by atoms with van der Waals surface area (Å²) in [5.41, 5.74) is 0. The van der Waals surface area contributed by atoms with Crippen LogP contribution in [-0.4, -0.2) is 35.6 Å². The van der Waals surface area contributed by atoms with Crippen molar-refractivity contribution >= 4 is 17.8 Å². The number of hydrogen-bond acceptors (Lipinski definition) is 5. The molecule has 0 fully saturated rings. The fraction of sp³-hybridized carbons (Fsp3) is 0.667. The van der Waals surface area contributed by atoms with Crippen molar-refractivity contribution in [1.29, 1.82) is 5.26 Å². The number of nitrogens with zero attached hydrogens (tertiary/aromatic N) is 1. The zero-order chi connectivity index (χ0) is 14.7. The number of hydrogen-bond donors (Lipinski definition) is 2. The molecular weight excluding hydrogens is 252 g/mol. The Bertz CT molecular complexity index is 362. The van der Waals surface area contributed by atoms with Gasteiger partial charge in [0.1, 0.15) is 6.04 Å². The van der Waals surface area contributed by atoms with Crippen molar-refractivity contribution in [3.8, 4) is 6.07 Å². The average molecular weight is 270 g/mol. The van der Waals surface area contributed by atoms with Crippen molar-refractivity contribution in [3.05, 3.63) is 0 Å². The molecule has 7 nitrogen and oxygen atoms in total. The molecule has 0 rings (SSSR count). The van der Waals surface area contributed by atoms with Crippen molar-refractivity contribution in [2.24, 2.45) is 0 Å². The number of esters is 1. The minimum absolute atomic E-state index is 0.0792. The Morgan fingerprint density at radius 1 is 1.37 bits per heavy atom. The van der Waals surface area contributed by atoms with E-state index >= 15 is 0 Å². The summed E-state index contributed by atoms with van der Waals surface area (Å²) >= 11 is 0. The SMILES string of the molecule is CCOC(=O)CCC(=O)N[C@H](CCCC#N)C(=O)O. The molecule has 0 aliphatic carbocycles. The fourth-order valence-corrected chi connectivity index (χ4v) is 1.36. The summed E-state index contributed by atoms with van der Waals surface area (Å²) in [6, 6.07) is 0.878. The summed E-state index contributed by atoms with van der Waals surface area (Å²) < 4.78 is 4.65. The number of nitrogens with one attached hydrogen (secondary N) is 1. The van der Waals surface area contributed by atoms with Crippen LogP contribution < -0.4 is 5.32 Å². The number of carboxylic acids is 1. The Balaban J connectivity index is 4.07. The zero-order valence-electron chi connectivity index (χ0n) is 10.8. The second-order valence-electron chi connectivity index (χ2n) is 3.81. The van der Waals surface area contributed by atoms with E-state index in [1.165, 1.54) is 0 Å². The van der Waals surface area contributed by atoms with Crippen LogP contribution in [0.4, 0.5) is 0 Å². The first-order valence-electron chi connectivity index (χ1n) is 6.06. The highest BCUT2D eigenvalue weighted by Gasteiger charge is 2.19. The van der Waals surface area contributed by atoms with Crippen molar-refractivity contribution in [1.82, 2.24) is 5.32 Å². The van der Waals surface area contributed by atoms with Gasteiger partial charge in [0.05, 0.1) is 19.1 Å². The van der Waals surface area contributed by atoms with Crippen LogP contribution in [0.5, 0.6) is 0 Å². The number of carboxylic acid groups (broad SMARTS) is 1.